The van der Waals surface area contributed by atoms with Crippen molar-refractivity contribution in [2.24, 2.45) is 0 Å². The quantitative estimate of drug-likeness (QED) is 0.579. The predicted octanol–water partition coefficient (Wildman–Crippen LogP) is 4.88. The maximum absolute atomic E-state index is 13.5. The lowest BCUT2D eigenvalue weighted by molar-refractivity contribution is -0.121. The highest BCUT2D eigenvalue weighted by Crippen LogP contribution is 2.51. The number of nitrogens with zero attached hydrogens (tertiary/aromatic N) is 3. The third-order valence-electron chi connectivity index (χ3n) is 6.78. The second kappa shape index (κ2) is 9.52. The van der Waals surface area contributed by atoms with E-state index in [4.69, 9.17) is 21.1 Å². The van der Waals surface area contributed by atoms with Crippen molar-refractivity contribution in [3.05, 3.63) is 22.2 Å². The average Bonchev–Trinajstić information content (AvgIpc) is 2.72. The number of piperazine rings is 1. The topological polar surface area (TPSA) is 62.3 Å². The van der Waals surface area contributed by atoms with Crippen molar-refractivity contribution in [2.45, 2.75) is 82.6 Å². The minimum Gasteiger partial charge on any atom is -0.444 e. The number of methoxy groups -OCH3 is 1. The van der Waals surface area contributed by atoms with Gasteiger partial charge in [-0.2, -0.15) is 0 Å². The number of anilines is 1. The number of amides is 2. The molecule has 2 amide bonds. The minimum atomic E-state index is -0.538. The molecule has 1 unspecified atom stereocenters. The van der Waals surface area contributed by atoms with Gasteiger partial charge in [0, 0.05) is 50.5 Å². The van der Waals surface area contributed by atoms with E-state index in [0.717, 1.165) is 32.5 Å². The lowest BCUT2D eigenvalue weighted by atomic mass is 9.90. The van der Waals surface area contributed by atoms with Crippen LogP contribution in [-0.2, 0) is 14.3 Å². The maximum Gasteiger partial charge on any atom is 0.410 e. The number of aryl methyl sites for hydroxylation is 1. The number of carbonyl (C=O) groups is 2. The van der Waals surface area contributed by atoms with Crippen LogP contribution in [0.1, 0.15) is 58.2 Å². The fraction of sp³-hybridized carbons (Fsp3) is 0.680. The zero-order valence-corrected chi connectivity index (χ0v) is 22.8. The van der Waals surface area contributed by atoms with Crippen LogP contribution >= 0.6 is 23.4 Å². The van der Waals surface area contributed by atoms with Gasteiger partial charge in [-0.25, -0.2) is 4.79 Å². The molecule has 34 heavy (non-hydrogen) atoms. The fourth-order valence-electron chi connectivity index (χ4n) is 5.49. The summed E-state index contributed by atoms with van der Waals surface area (Å²) in [6.45, 7) is 13.6. The van der Waals surface area contributed by atoms with Crippen molar-refractivity contribution in [2.75, 3.05) is 37.5 Å². The van der Waals surface area contributed by atoms with Crippen LogP contribution in [0.25, 0.3) is 0 Å². The van der Waals surface area contributed by atoms with E-state index in [-0.39, 0.29) is 36.2 Å². The van der Waals surface area contributed by atoms with Crippen LogP contribution in [0, 0.1) is 6.92 Å². The minimum absolute atomic E-state index is 0.00432. The van der Waals surface area contributed by atoms with Gasteiger partial charge in [0.2, 0.25) is 5.91 Å². The summed E-state index contributed by atoms with van der Waals surface area (Å²) < 4.78 is 11.1. The van der Waals surface area contributed by atoms with Crippen LogP contribution in [0.3, 0.4) is 0 Å². The summed E-state index contributed by atoms with van der Waals surface area (Å²) in [7, 11) is 1.67. The van der Waals surface area contributed by atoms with E-state index in [1.54, 1.807) is 18.9 Å². The Bertz CT molecular complexity index is 970. The number of halogens is 1. The van der Waals surface area contributed by atoms with Gasteiger partial charge in [0.1, 0.15) is 5.60 Å². The zero-order valence-electron chi connectivity index (χ0n) is 21.2. The molecule has 3 aliphatic heterocycles. The molecule has 0 spiro atoms. The van der Waals surface area contributed by atoms with Crippen LogP contribution in [-0.4, -0.2) is 78.1 Å². The Morgan fingerprint density at radius 3 is 2.47 bits per heavy atom. The van der Waals surface area contributed by atoms with Crippen LogP contribution in [0.4, 0.5) is 10.5 Å². The molecule has 0 bridgehead atoms. The van der Waals surface area contributed by atoms with E-state index in [9.17, 15) is 9.59 Å². The smallest absolute Gasteiger partial charge is 0.410 e. The first-order valence-electron chi connectivity index (χ1n) is 11.9. The number of benzene rings is 1. The first-order valence-corrected chi connectivity index (χ1v) is 13.3. The Morgan fingerprint density at radius 1 is 1.24 bits per heavy atom. The Morgan fingerprint density at radius 2 is 1.88 bits per heavy atom. The molecule has 3 heterocycles. The largest absolute Gasteiger partial charge is 0.444 e. The summed E-state index contributed by atoms with van der Waals surface area (Å²) in [6.07, 6.45) is 0.126. The van der Waals surface area contributed by atoms with Gasteiger partial charge < -0.3 is 19.3 Å². The van der Waals surface area contributed by atoms with Gasteiger partial charge in [0.05, 0.1) is 28.3 Å². The lowest BCUT2D eigenvalue weighted by Gasteiger charge is -2.50. The predicted molar refractivity (Wildman–Crippen MR) is 136 cm³/mol. The number of rotatable bonds is 3. The number of ether oxygens (including phenoxy) is 2. The number of hydrogen-bond acceptors (Lipinski definition) is 6. The second-order valence-corrected chi connectivity index (χ2v) is 12.1. The van der Waals surface area contributed by atoms with E-state index >= 15 is 0 Å². The molecular weight excluding hydrogens is 474 g/mol. The summed E-state index contributed by atoms with van der Waals surface area (Å²) in [6, 6.07) is 2.02. The van der Waals surface area contributed by atoms with Gasteiger partial charge in [0.15, 0.2) is 0 Å². The molecule has 0 N–H and O–H groups in total. The van der Waals surface area contributed by atoms with Crippen molar-refractivity contribution in [3.8, 4) is 0 Å². The highest BCUT2D eigenvalue weighted by molar-refractivity contribution is 7.99. The molecule has 1 fully saturated rings. The molecule has 3 aliphatic rings. The van der Waals surface area contributed by atoms with Crippen LogP contribution < -0.4 is 4.90 Å². The summed E-state index contributed by atoms with van der Waals surface area (Å²) >= 11 is 8.44. The van der Waals surface area contributed by atoms with Gasteiger partial charge >= 0.3 is 6.09 Å². The number of carbonyl (C=O) groups excluding carboxylic acids is 2. The molecular formula is C25H36ClN3O4S. The van der Waals surface area contributed by atoms with Gasteiger partial charge in [-0.05, 0) is 52.7 Å². The summed E-state index contributed by atoms with van der Waals surface area (Å²) in [5.41, 5.74) is 2.59. The third kappa shape index (κ3) is 4.66. The fourth-order valence-corrected chi connectivity index (χ4v) is 7.04. The first kappa shape index (κ1) is 25.6. The van der Waals surface area contributed by atoms with E-state index in [0.29, 0.717) is 26.1 Å². The molecule has 7 nitrogen and oxygen atoms in total. The molecule has 0 aliphatic carbocycles. The zero-order chi connectivity index (χ0) is 24.9. The maximum atomic E-state index is 13.5. The molecule has 1 aromatic rings. The summed E-state index contributed by atoms with van der Waals surface area (Å²) in [4.78, 5) is 33.5. The second-order valence-electron chi connectivity index (χ2n) is 10.7. The molecule has 1 saturated heterocycles. The summed E-state index contributed by atoms with van der Waals surface area (Å²) in [5, 5.41) is 0.731. The summed E-state index contributed by atoms with van der Waals surface area (Å²) in [5.74, 6) is 0.874. The van der Waals surface area contributed by atoms with Crippen LogP contribution in [0.15, 0.2) is 11.0 Å². The molecule has 0 radical (unpaired) electrons. The Kier molecular flexibility index (Phi) is 7.17. The Labute approximate surface area is 212 Å². The molecule has 0 aromatic heterocycles. The lowest BCUT2D eigenvalue weighted by Crippen LogP contribution is -2.61. The molecule has 188 valence electrons. The van der Waals surface area contributed by atoms with E-state index in [2.05, 4.69) is 24.8 Å². The van der Waals surface area contributed by atoms with Crippen LogP contribution in [0.2, 0.25) is 5.02 Å². The highest BCUT2D eigenvalue weighted by atomic mass is 35.5. The van der Waals surface area contributed by atoms with E-state index < -0.39 is 5.60 Å². The van der Waals surface area contributed by atoms with E-state index in [1.165, 1.54) is 0 Å². The molecule has 1 aromatic carbocycles. The SMILES string of the molecule is COC[C@H]1CSc2c(Cl)c(C)cc3c2N1C(=O)CC3N1C[C@@H](C)N(C(=O)OC(C)(C)C)[C@@H](C)C1. The molecule has 9 heteroatoms. The first-order chi connectivity index (χ1) is 15.9. The van der Waals surface area contributed by atoms with Crippen molar-refractivity contribution in [3.63, 3.8) is 0 Å². The van der Waals surface area contributed by atoms with Crippen molar-refractivity contribution in [1.82, 2.24) is 9.80 Å². The average molecular weight is 510 g/mol. The van der Waals surface area contributed by atoms with Gasteiger partial charge in [-0.15, -0.1) is 11.8 Å². The molecule has 4 atom stereocenters. The number of thioether (sulfide) groups is 1. The van der Waals surface area contributed by atoms with Gasteiger partial charge in [-0.3, -0.25) is 9.69 Å². The molecule has 0 saturated carbocycles. The van der Waals surface area contributed by atoms with Crippen molar-refractivity contribution < 1.29 is 19.1 Å². The normalized spacial score (nSPS) is 27.6. The standard InChI is InChI=1S/C25H36ClN3O4S/c1-14-8-18-19(27-10-15(2)28(16(3)11-27)24(31)33-25(4,5)6)9-20(30)29-17(12-32-7)13-34-23(21(14)26)22(18)29/h8,15-17,19H,9-13H2,1-7H3/t15-,16+,17-,19?/m0/s1. The van der Waals surface area contributed by atoms with Gasteiger partial charge in [0.25, 0.3) is 0 Å². The van der Waals surface area contributed by atoms with E-state index in [1.807, 2.05) is 37.5 Å². The van der Waals surface area contributed by atoms with Crippen LogP contribution in [0.5, 0.6) is 0 Å². The van der Waals surface area contributed by atoms with Gasteiger partial charge in [-0.1, -0.05) is 17.7 Å². The highest BCUT2D eigenvalue weighted by Gasteiger charge is 2.45. The Hall–Kier alpha value is -1.48. The molecule has 4 rings (SSSR count). The monoisotopic (exact) mass is 509 g/mol. The van der Waals surface area contributed by atoms with Crippen molar-refractivity contribution in [1.29, 1.82) is 0 Å². The number of hydrogen-bond donors (Lipinski definition) is 0. The Balaban J connectivity index is 1.66. The third-order valence-corrected chi connectivity index (χ3v) is 8.62. The van der Waals surface area contributed by atoms with Crippen molar-refractivity contribution >= 4 is 41.1 Å².